The van der Waals surface area contributed by atoms with Crippen molar-refractivity contribution in [3.05, 3.63) is 47.7 Å². The largest absolute Gasteiger partial charge is 0.449 e. The molecule has 1 saturated carbocycles. The van der Waals surface area contributed by atoms with Crippen LogP contribution in [-0.2, 0) is 9.53 Å². The first-order valence-electron chi connectivity index (χ1n) is 10.5. The zero-order chi connectivity index (χ0) is 21.8. The van der Waals surface area contributed by atoms with Crippen LogP contribution in [0.2, 0.25) is 0 Å². The second-order valence-corrected chi connectivity index (χ2v) is 8.23. The molecule has 1 heterocycles. The molecule has 0 radical (unpaired) electrons. The average Bonchev–Trinajstić information content (AvgIpc) is 3.22. The van der Waals surface area contributed by atoms with Crippen LogP contribution >= 0.6 is 0 Å². The number of Topliss-reactive ketones (excluding diaryl/α,β-unsaturated/α-hetero) is 1. The van der Waals surface area contributed by atoms with Gasteiger partial charge in [-0.05, 0) is 44.2 Å². The van der Waals surface area contributed by atoms with Crippen molar-refractivity contribution in [2.75, 3.05) is 0 Å². The van der Waals surface area contributed by atoms with Crippen molar-refractivity contribution in [1.29, 1.82) is 0 Å². The van der Waals surface area contributed by atoms with Crippen LogP contribution in [-0.4, -0.2) is 29.8 Å². The molecule has 0 bridgehead atoms. The fourth-order valence-electron chi connectivity index (χ4n) is 3.83. The van der Waals surface area contributed by atoms with E-state index in [0.29, 0.717) is 23.2 Å². The van der Waals surface area contributed by atoms with Crippen LogP contribution in [0.3, 0.4) is 0 Å². The second kappa shape index (κ2) is 9.28. The fraction of sp³-hybridized carbons (Fsp3) is 0.458. The lowest BCUT2D eigenvalue weighted by Crippen LogP contribution is -2.47. The van der Waals surface area contributed by atoms with E-state index in [1.807, 2.05) is 0 Å². The first kappa shape index (κ1) is 21.8. The molecule has 3 rings (SSSR count). The van der Waals surface area contributed by atoms with Gasteiger partial charge in [-0.25, -0.2) is 4.79 Å². The average molecular weight is 411 g/mol. The summed E-state index contributed by atoms with van der Waals surface area (Å²) in [6.45, 7) is 7.42. The van der Waals surface area contributed by atoms with E-state index < -0.39 is 12.1 Å². The van der Waals surface area contributed by atoms with Gasteiger partial charge in [0.1, 0.15) is 5.76 Å². The van der Waals surface area contributed by atoms with E-state index in [9.17, 15) is 14.4 Å². The molecule has 1 N–H and O–H groups in total. The molecule has 0 saturated heterocycles. The number of nitrogens with one attached hydrogen (secondary N) is 1. The maximum Gasteiger partial charge on any atom is 0.375 e. The van der Waals surface area contributed by atoms with Gasteiger partial charge in [-0.3, -0.25) is 9.59 Å². The Morgan fingerprint density at radius 1 is 1.07 bits per heavy atom. The summed E-state index contributed by atoms with van der Waals surface area (Å²) in [6, 6.07) is 10.2. The Balaban J connectivity index is 1.59. The summed E-state index contributed by atoms with van der Waals surface area (Å²) in [6.07, 6.45) is 2.30. The number of esters is 1. The fourth-order valence-corrected chi connectivity index (χ4v) is 3.83. The van der Waals surface area contributed by atoms with Gasteiger partial charge in [-0.1, -0.05) is 51.0 Å². The third-order valence-corrected chi connectivity index (χ3v) is 6.07. The highest BCUT2D eigenvalue weighted by Gasteiger charge is 2.30. The van der Waals surface area contributed by atoms with E-state index in [-0.39, 0.29) is 23.5 Å². The number of hydrogen-bond acceptors (Lipinski definition) is 5. The van der Waals surface area contributed by atoms with Crippen molar-refractivity contribution >= 4 is 17.7 Å². The molecule has 1 aromatic carbocycles. The highest BCUT2D eigenvalue weighted by molar-refractivity contribution is 5.94. The van der Waals surface area contributed by atoms with Gasteiger partial charge in [-0.15, -0.1) is 0 Å². The molecule has 0 aliphatic heterocycles. The lowest BCUT2D eigenvalue weighted by atomic mass is 9.78. The Hall–Kier alpha value is -2.89. The number of carbonyl (C=O) groups is 3. The Morgan fingerprint density at radius 3 is 2.43 bits per heavy atom. The van der Waals surface area contributed by atoms with Gasteiger partial charge in [0.25, 0.3) is 5.91 Å². The molecule has 1 fully saturated rings. The lowest BCUT2D eigenvalue weighted by molar-refractivity contribution is -0.130. The highest BCUT2D eigenvalue weighted by Crippen LogP contribution is 2.29. The molecule has 30 heavy (non-hydrogen) atoms. The summed E-state index contributed by atoms with van der Waals surface area (Å²) in [5, 5.41) is 3.03. The summed E-state index contributed by atoms with van der Waals surface area (Å²) < 4.78 is 10.9. The predicted molar refractivity (Wildman–Crippen MR) is 113 cm³/mol. The van der Waals surface area contributed by atoms with Crippen LogP contribution in [0.25, 0.3) is 11.3 Å². The zero-order valence-corrected chi connectivity index (χ0v) is 17.9. The molecule has 1 amide bonds. The lowest BCUT2D eigenvalue weighted by Gasteiger charge is -2.35. The summed E-state index contributed by atoms with van der Waals surface area (Å²) >= 11 is 0. The summed E-state index contributed by atoms with van der Waals surface area (Å²) in [4.78, 5) is 36.3. The molecule has 2 aromatic rings. The summed E-state index contributed by atoms with van der Waals surface area (Å²) in [5.41, 5.74) is 1.34. The van der Waals surface area contributed by atoms with Crippen molar-refractivity contribution in [2.24, 2.45) is 11.8 Å². The third-order valence-electron chi connectivity index (χ3n) is 6.07. The number of ether oxygens (including phenoxy) is 1. The Morgan fingerprint density at radius 2 is 1.77 bits per heavy atom. The van der Waals surface area contributed by atoms with E-state index >= 15 is 0 Å². The molecule has 6 heteroatoms. The highest BCUT2D eigenvalue weighted by atomic mass is 16.6. The number of carbonyl (C=O) groups excluding carboxylic acids is 3. The summed E-state index contributed by atoms with van der Waals surface area (Å²) in [7, 11) is 0. The second-order valence-electron chi connectivity index (χ2n) is 8.23. The van der Waals surface area contributed by atoms with Crippen molar-refractivity contribution in [3.63, 3.8) is 0 Å². The van der Waals surface area contributed by atoms with Gasteiger partial charge in [0, 0.05) is 17.2 Å². The van der Waals surface area contributed by atoms with Crippen molar-refractivity contribution in [3.8, 4) is 11.3 Å². The molecule has 0 spiro atoms. The maximum atomic E-state index is 12.5. The van der Waals surface area contributed by atoms with Gasteiger partial charge in [0.05, 0.1) is 0 Å². The van der Waals surface area contributed by atoms with Gasteiger partial charge in [0.15, 0.2) is 11.9 Å². The molecule has 6 nitrogen and oxygen atoms in total. The molecule has 1 aromatic heterocycles. The van der Waals surface area contributed by atoms with E-state index in [1.165, 1.54) is 19.4 Å². The van der Waals surface area contributed by atoms with Gasteiger partial charge < -0.3 is 14.5 Å². The SMILES string of the molecule is CC(=O)c1ccc(-c2ccc(C(=O)O[C@H](C)C(=O)N[C@@H]3CCC[C@H](C)[C@H]3C)o2)cc1. The molecule has 1 aliphatic rings. The molecular formula is C24H29NO5. The monoisotopic (exact) mass is 411 g/mol. The van der Waals surface area contributed by atoms with E-state index in [4.69, 9.17) is 9.15 Å². The molecular weight excluding hydrogens is 382 g/mol. The molecule has 0 unspecified atom stereocenters. The van der Waals surface area contributed by atoms with E-state index in [1.54, 1.807) is 37.3 Å². The van der Waals surface area contributed by atoms with Crippen molar-refractivity contribution in [2.45, 2.75) is 59.1 Å². The Bertz CT molecular complexity index is 914. The quantitative estimate of drug-likeness (QED) is 0.553. The Labute approximate surface area is 177 Å². The normalized spacial score (nSPS) is 22.2. The first-order valence-corrected chi connectivity index (χ1v) is 10.5. The zero-order valence-electron chi connectivity index (χ0n) is 17.9. The minimum Gasteiger partial charge on any atom is -0.449 e. The summed E-state index contributed by atoms with van der Waals surface area (Å²) in [5.74, 6) is 0.476. The number of ketones is 1. The van der Waals surface area contributed by atoms with Gasteiger partial charge in [-0.2, -0.15) is 0 Å². The van der Waals surface area contributed by atoms with Crippen LogP contribution in [0.1, 0.15) is 67.9 Å². The van der Waals surface area contributed by atoms with E-state index in [0.717, 1.165) is 18.4 Å². The number of benzene rings is 1. The van der Waals surface area contributed by atoms with Crippen molar-refractivity contribution < 1.29 is 23.5 Å². The smallest absolute Gasteiger partial charge is 0.375 e. The molecule has 4 atom stereocenters. The Kier molecular flexibility index (Phi) is 6.75. The van der Waals surface area contributed by atoms with Crippen molar-refractivity contribution in [1.82, 2.24) is 5.32 Å². The minimum absolute atomic E-state index is 0.0189. The first-order chi connectivity index (χ1) is 14.3. The van der Waals surface area contributed by atoms with Crippen LogP contribution < -0.4 is 5.32 Å². The minimum atomic E-state index is -0.912. The maximum absolute atomic E-state index is 12.5. The van der Waals surface area contributed by atoms with Crippen LogP contribution in [0.4, 0.5) is 0 Å². The molecule has 1 aliphatic carbocycles. The number of hydrogen-bond donors (Lipinski definition) is 1. The number of amides is 1. The van der Waals surface area contributed by atoms with Crippen LogP contribution in [0, 0.1) is 11.8 Å². The third kappa shape index (κ3) is 4.99. The topological polar surface area (TPSA) is 85.6 Å². The van der Waals surface area contributed by atoms with Gasteiger partial charge in [0.2, 0.25) is 5.76 Å². The molecule has 160 valence electrons. The van der Waals surface area contributed by atoms with Crippen LogP contribution in [0.15, 0.2) is 40.8 Å². The van der Waals surface area contributed by atoms with E-state index in [2.05, 4.69) is 19.2 Å². The number of furan rings is 1. The number of rotatable bonds is 6. The van der Waals surface area contributed by atoms with Gasteiger partial charge >= 0.3 is 5.97 Å². The predicted octanol–water partition coefficient (Wildman–Crippen LogP) is 4.64. The standard InChI is InChI=1S/C24H29NO5/c1-14-6-5-7-20(15(14)2)25-23(27)17(4)29-24(28)22-13-12-21(30-22)19-10-8-18(9-11-19)16(3)26/h8-15,17,20H,5-7H2,1-4H3,(H,25,27)/t14-,15+,17+,20+/m0/s1. The van der Waals surface area contributed by atoms with Crippen LogP contribution in [0.5, 0.6) is 0 Å².